The molecule has 0 fully saturated rings. The summed E-state index contributed by atoms with van der Waals surface area (Å²) in [7, 11) is 0. The summed E-state index contributed by atoms with van der Waals surface area (Å²) in [5, 5.41) is 21.5. The van der Waals surface area contributed by atoms with E-state index in [0.717, 1.165) is 11.5 Å². The van der Waals surface area contributed by atoms with Gasteiger partial charge in [-0.15, -0.1) is 11.3 Å². The van der Waals surface area contributed by atoms with Crippen LogP contribution in [0.1, 0.15) is 12.8 Å². The van der Waals surface area contributed by atoms with Crippen molar-refractivity contribution in [3.63, 3.8) is 0 Å². The molecular weight excluding hydrogens is 308 g/mol. The maximum atomic E-state index is 8.83. The van der Waals surface area contributed by atoms with Crippen LogP contribution in [-0.2, 0) is 9.47 Å². The summed E-state index contributed by atoms with van der Waals surface area (Å²) in [5.41, 5.74) is -0.387. The standard InChI is InChI=1S/C15H24O6S/c16-3-1-5-18-9-15(10-19-6-2-4-17)11-20-13-7-22-8-14(13)21-12-15/h7-8,16-17H,1-6,9-12H2. The van der Waals surface area contributed by atoms with Crippen LogP contribution in [0.25, 0.3) is 0 Å². The average Bonchev–Trinajstić information content (AvgIpc) is 2.92. The van der Waals surface area contributed by atoms with Gasteiger partial charge in [0.2, 0.25) is 0 Å². The van der Waals surface area contributed by atoms with Crippen LogP contribution in [0, 0.1) is 5.41 Å². The van der Waals surface area contributed by atoms with Gasteiger partial charge in [-0.25, -0.2) is 0 Å². The molecule has 0 unspecified atom stereocenters. The maximum Gasteiger partial charge on any atom is 0.171 e. The van der Waals surface area contributed by atoms with E-state index in [1.807, 2.05) is 10.8 Å². The van der Waals surface area contributed by atoms with Crippen LogP contribution in [0.4, 0.5) is 0 Å². The van der Waals surface area contributed by atoms with Gasteiger partial charge in [0.1, 0.15) is 13.2 Å². The quantitative estimate of drug-likeness (QED) is 0.629. The number of ether oxygens (including phenoxy) is 4. The van der Waals surface area contributed by atoms with Crippen LogP contribution in [0.5, 0.6) is 11.5 Å². The second-order valence-electron chi connectivity index (χ2n) is 5.44. The van der Waals surface area contributed by atoms with Crippen LogP contribution in [0.2, 0.25) is 0 Å². The molecule has 0 amide bonds. The van der Waals surface area contributed by atoms with Crippen molar-refractivity contribution >= 4 is 11.3 Å². The van der Waals surface area contributed by atoms with Gasteiger partial charge in [-0.1, -0.05) is 0 Å². The van der Waals surface area contributed by atoms with Crippen molar-refractivity contribution in [1.82, 2.24) is 0 Å². The monoisotopic (exact) mass is 332 g/mol. The second-order valence-corrected chi connectivity index (χ2v) is 6.18. The summed E-state index contributed by atoms with van der Waals surface area (Å²) >= 11 is 1.55. The third-order valence-corrected chi connectivity index (χ3v) is 4.07. The number of hydrogen-bond acceptors (Lipinski definition) is 7. The molecule has 0 atom stereocenters. The highest BCUT2D eigenvalue weighted by Crippen LogP contribution is 2.37. The highest BCUT2D eigenvalue weighted by molar-refractivity contribution is 7.08. The highest BCUT2D eigenvalue weighted by Gasteiger charge is 2.36. The van der Waals surface area contributed by atoms with Gasteiger partial charge in [-0.05, 0) is 12.8 Å². The molecule has 0 saturated heterocycles. The van der Waals surface area contributed by atoms with E-state index >= 15 is 0 Å². The van der Waals surface area contributed by atoms with E-state index in [-0.39, 0.29) is 18.6 Å². The smallest absolute Gasteiger partial charge is 0.171 e. The predicted octanol–water partition coefficient (Wildman–Crippen LogP) is 1.30. The van der Waals surface area contributed by atoms with Crippen molar-refractivity contribution < 1.29 is 29.2 Å². The summed E-state index contributed by atoms with van der Waals surface area (Å²) in [5.74, 6) is 1.52. The van der Waals surface area contributed by atoms with Crippen molar-refractivity contribution in [3.05, 3.63) is 10.8 Å². The van der Waals surface area contributed by atoms with Gasteiger partial charge in [0.25, 0.3) is 0 Å². The van der Waals surface area contributed by atoms with Crippen molar-refractivity contribution in [2.75, 3.05) is 52.9 Å². The zero-order valence-corrected chi connectivity index (χ0v) is 13.5. The minimum Gasteiger partial charge on any atom is -0.488 e. The zero-order chi connectivity index (χ0) is 15.7. The second kappa shape index (κ2) is 9.32. The highest BCUT2D eigenvalue weighted by atomic mass is 32.1. The van der Waals surface area contributed by atoms with Gasteiger partial charge in [-0.2, -0.15) is 0 Å². The lowest BCUT2D eigenvalue weighted by atomic mass is 9.92. The Morgan fingerprint density at radius 1 is 0.955 bits per heavy atom. The molecule has 0 saturated carbocycles. The van der Waals surface area contributed by atoms with Crippen molar-refractivity contribution in [2.24, 2.45) is 5.41 Å². The molecule has 0 aliphatic carbocycles. The molecule has 0 spiro atoms. The zero-order valence-electron chi connectivity index (χ0n) is 12.7. The summed E-state index contributed by atoms with van der Waals surface area (Å²) in [6.07, 6.45) is 1.21. The first kappa shape index (κ1) is 17.5. The number of aliphatic hydroxyl groups excluding tert-OH is 2. The van der Waals surface area contributed by atoms with Gasteiger partial charge < -0.3 is 29.2 Å². The first-order valence-electron chi connectivity index (χ1n) is 7.49. The molecule has 2 rings (SSSR count). The summed E-state index contributed by atoms with van der Waals surface area (Å²) in [6.45, 7) is 3.02. The van der Waals surface area contributed by atoms with Crippen LogP contribution in [0.3, 0.4) is 0 Å². The summed E-state index contributed by atoms with van der Waals surface area (Å²) in [6, 6.07) is 0. The normalized spacial score (nSPS) is 16.5. The average molecular weight is 332 g/mol. The first-order chi connectivity index (χ1) is 10.8. The van der Waals surface area contributed by atoms with Gasteiger partial charge in [0.05, 0.1) is 18.6 Å². The number of hydrogen-bond donors (Lipinski definition) is 2. The van der Waals surface area contributed by atoms with Crippen LogP contribution < -0.4 is 9.47 Å². The number of fused-ring (bicyclic) bond motifs is 1. The number of thiophene rings is 1. The Balaban J connectivity index is 1.90. The Bertz CT molecular complexity index is 385. The third kappa shape index (κ3) is 5.10. The largest absolute Gasteiger partial charge is 0.488 e. The van der Waals surface area contributed by atoms with E-state index in [1.165, 1.54) is 0 Å². The van der Waals surface area contributed by atoms with E-state index in [0.29, 0.717) is 52.5 Å². The summed E-state index contributed by atoms with van der Waals surface area (Å²) < 4.78 is 23.0. The van der Waals surface area contributed by atoms with Crippen LogP contribution in [0.15, 0.2) is 10.8 Å². The van der Waals surface area contributed by atoms with E-state index in [1.54, 1.807) is 11.3 Å². The van der Waals surface area contributed by atoms with Gasteiger partial charge in [-0.3, -0.25) is 0 Å². The lowest BCUT2D eigenvalue weighted by Crippen LogP contribution is -2.42. The lowest BCUT2D eigenvalue weighted by molar-refractivity contribution is -0.0622. The molecule has 0 aromatic carbocycles. The van der Waals surface area contributed by atoms with Crippen LogP contribution >= 0.6 is 11.3 Å². The van der Waals surface area contributed by atoms with Gasteiger partial charge in [0, 0.05) is 37.2 Å². The molecule has 126 valence electrons. The predicted molar refractivity (Wildman–Crippen MR) is 82.8 cm³/mol. The SMILES string of the molecule is OCCCOCC1(COCCCO)COc2cscc2OC1. The summed E-state index contributed by atoms with van der Waals surface area (Å²) in [4.78, 5) is 0. The van der Waals surface area contributed by atoms with Crippen LogP contribution in [-0.4, -0.2) is 63.1 Å². The third-order valence-electron chi connectivity index (χ3n) is 3.37. The topological polar surface area (TPSA) is 77.4 Å². The van der Waals surface area contributed by atoms with Crippen molar-refractivity contribution in [1.29, 1.82) is 0 Å². The van der Waals surface area contributed by atoms with Gasteiger partial charge >= 0.3 is 0 Å². The molecule has 0 radical (unpaired) electrons. The Morgan fingerprint density at radius 3 is 1.91 bits per heavy atom. The molecule has 1 aromatic heterocycles. The Morgan fingerprint density at radius 2 is 1.45 bits per heavy atom. The maximum absolute atomic E-state index is 8.83. The lowest BCUT2D eigenvalue weighted by Gasteiger charge is -2.30. The molecule has 22 heavy (non-hydrogen) atoms. The molecule has 2 N–H and O–H groups in total. The number of rotatable bonds is 10. The fourth-order valence-electron chi connectivity index (χ4n) is 2.11. The molecule has 1 aromatic rings. The Labute approximate surface area is 134 Å². The van der Waals surface area contributed by atoms with Crippen molar-refractivity contribution in [3.8, 4) is 11.5 Å². The molecule has 7 heteroatoms. The minimum atomic E-state index is -0.387. The molecule has 6 nitrogen and oxygen atoms in total. The fraction of sp³-hybridized carbons (Fsp3) is 0.733. The molecule has 1 aliphatic rings. The fourth-order valence-corrected chi connectivity index (χ4v) is 2.79. The Hall–Kier alpha value is -0.860. The van der Waals surface area contributed by atoms with E-state index < -0.39 is 0 Å². The Kier molecular flexibility index (Phi) is 7.41. The van der Waals surface area contributed by atoms with Crippen molar-refractivity contribution in [2.45, 2.75) is 12.8 Å². The van der Waals surface area contributed by atoms with Gasteiger partial charge in [0.15, 0.2) is 11.5 Å². The number of aliphatic hydroxyl groups is 2. The molecule has 2 heterocycles. The van der Waals surface area contributed by atoms with E-state index in [4.69, 9.17) is 29.2 Å². The van der Waals surface area contributed by atoms with E-state index in [9.17, 15) is 0 Å². The van der Waals surface area contributed by atoms with E-state index in [2.05, 4.69) is 0 Å². The molecular formula is C15H24O6S. The first-order valence-corrected chi connectivity index (χ1v) is 8.43. The molecule has 1 aliphatic heterocycles. The molecule has 0 bridgehead atoms. The minimum absolute atomic E-state index is 0.115.